The van der Waals surface area contributed by atoms with Crippen molar-refractivity contribution < 1.29 is 4.39 Å². The number of halogens is 1. The second kappa shape index (κ2) is 4.63. The van der Waals surface area contributed by atoms with Crippen molar-refractivity contribution in [2.75, 3.05) is 0 Å². The molecule has 4 heterocycles. The highest BCUT2D eigenvalue weighted by Gasteiger charge is 2.07. The molecule has 1 N–H and O–H groups in total. The van der Waals surface area contributed by atoms with Gasteiger partial charge < -0.3 is 4.98 Å². The SMILES string of the molecule is Fc1cccc(Cc2ccc3c(n2)[nH]c2ccncc23)n1. The van der Waals surface area contributed by atoms with Crippen LogP contribution in [0.4, 0.5) is 4.39 Å². The topological polar surface area (TPSA) is 54.5 Å². The fraction of sp³-hybridized carbons (Fsp3) is 0.0625. The standard InChI is InChI=1S/C16H11FN4/c17-15-3-1-2-10(19-15)8-11-4-5-12-13-9-18-7-6-14(13)21-16(12)20-11/h1-7,9H,8H2,(H,20,21). The Morgan fingerprint density at radius 1 is 0.952 bits per heavy atom. The van der Waals surface area contributed by atoms with Gasteiger partial charge in [0, 0.05) is 41.0 Å². The Bertz CT molecular complexity index is 945. The third kappa shape index (κ3) is 2.12. The molecule has 0 atom stereocenters. The summed E-state index contributed by atoms with van der Waals surface area (Å²) in [4.78, 5) is 15.9. The molecule has 0 saturated carbocycles. The van der Waals surface area contributed by atoms with Crippen LogP contribution >= 0.6 is 0 Å². The van der Waals surface area contributed by atoms with Crippen LogP contribution in [0.15, 0.2) is 48.8 Å². The van der Waals surface area contributed by atoms with E-state index in [0.717, 1.165) is 27.6 Å². The minimum absolute atomic E-state index is 0.467. The highest BCUT2D eigenvalue weighted by molar-refractivity contribution is 6.05. The predicted octanol–water partition coefficient (Wildman–Crippen LogP) is 3.24. The number of pyridine rings is 3. The van der Waals surface area contributed by atoms with Crippen molar-refractivity contribution in [2.45, 2.75) is 6.42 Å². The van der Waals surface area contributed by atoms with Gasteiger partial charge in [-0.05, 0) is 30.3 Å². The Hall–Kier alpha value is -2.82. The van der Waals surface area contributed by atoms with Crippen molar-refractivity contribution in [2.24, 2.45) is 0 Å². The molecule has 0 saturated heterocycles. The van der Waals surface area contributed by atoms with E-state index in [1.807, 2.05) is 24.4 Å². The summed E-state index contributed by atoms with van der Waals surface area (Å²) in [5.74, 6) is -0.467. The summed E-state index contributed by atoms with van der Waals surface area (Å²) >= 11 is 0. The predicted molar refractivity (Wildman–Crippen MR) is 78.4 cm³/mol. The van der Waals surface area contributed by atoms with E-state index in [9.17, 15) is 4.39 Å². The third-order valence-electron chi connectivity index (χ3n) is 3.45. The smallest absolute Gasteiger partial charge is 0.213 e. The molecule has 0 spiro atoms. The Labute approximate surface area is 119 Å². The highest BCUT2D eigenvalue weighted by atomic mass is 19.1. The Morgan fingerprint density at radius 3 is 2.76 bits per heavy atom. The van der Waals surface area contributed by atoms with Gasteiger partial charge >= 0.3 is 0 Å². The number of rotatable bonds is 2. The molecule has 0 amide bonds. The van der Waals surface area contributed by atoms with Crippen LogP contribution in [0.3, 0.4) is 0 Å². The average molecular weight is 278 g/mol. The lowest BCUT2D eigenvalue weighted by molar-refractivity contribution is 0.578. The molecule has 0 aliphatic rings. The molecular weight excluding hydrogens is 267 g/mol. The Kier molecular flexibility index (Phi) is 2.64. The maximum Gasteiger partial charge on any atom is 0.213 e. The quantitative estimate of drug-likeness (QED) is 0.573. The normalized spacial score (nSPS) is 11.3. The molecule has 5 heteroatoms. The molecule has 4 nitrogen and oxygen atoms in total. The summed E-state index contributed by atoms with van der Waals surface area (Å²) in [5.41, 5.74) is 3.33. The van der Waals surface area contributed by atoms with Gasteiger partial charge in [-0.25, -0.2) is 9.97 Å². The van der Waals surface area contributed by atoms with Crippen molar-refractivity contribution in [3.63, 3.8) is 0 Å². The van der Waals surface area contributed by atoms with Gasteiger partial charge in [-0.15, -0.1) is 0 Å². The summed E-state index contributed by atoms with van der Waals surface area (Å²) in [6.07, 6.45) is 4.07. The minimum Gasteiger partial charge on any atom is -0.339 e. The number of aromatic nitrogens is 4. The maximum atomic E-state index is 13.1. The van der Waals surface area contributed by atoms with Crippen LogP contribution in [-0.2, 0) is 6.42 Å². The lowest BCUT2D eigenvalue weighted by Crippen LogP contribution is -1.96. The molecule has 102 valence electrons. The third-order valence-corrected chi connectivity index (χ3v) is 3.45. The monoisotopic (exact) mass is 278 g/mol. The van der Waals surface area contributed by atoms with E-state index < -0.39 is 5.95 Å². The van der Waals surface area contributed by atoms with Gasteiger partial charge in [0.05, 0.1) is 5.52 Å². The van der Waals surface area contributed by atoms with Crippen molar-refractivity contribution in [3.05, 3.63) is 66.1 Å². The van der Waals surface area contributed by atoms with Gasteiger partial charge in [0.2, 0.25) is 5.95 Å². The van der Waals surface area contributed by atoms with Crippen molar-refractivity contribution in [1.29, 1.82) is 0 Å². The zero-order chi connectivity index (χ0) is 14.2. The van der Waals surface area contributed by atoms with E-state index in [1.165, 1.54) is 6.07 Å². The van der Waals surface area contributed by atoms with Crippen LogP contribution < -0.4 is 0 Å². The zero-order valence-electron chi connectivity index (χ0n) is 11.0. The molecule has 0 aliphatic carbocycles. The van der Waals surface area contributed by atoms with Crippen molar-refractivity contribution in [1.82, 2.24) is 19.9 Å². The summed E-state index contributed by atoms with van der Waals surface area (Å²) < 4.78 is 13.1. The molecular formula is C16H11FN4. The number of H-pyrrole nitrogens is 1. The molecule has 4 aromatic heterocycles. The molecule has 4 rings (SSSR count). The molecule has 0 unspecified atom stereocenters. The number of fused-ring (bicyclic) bond motifs is 3. The number of nitrogens with zero attached hydrogens (tertiary/aromatic N) is 3. The van der Waals surface area contributed by atoms with Gasteiger partial charge in [0.1, 0.15) is 5.65 Å². The van der Waals surface area contributed by atoms with Crippen molar-refractivity contribution >= 4 is 21.9 Å². The molecule has 0 bridgehead atoms. The van der Waals surface area contributed by atoms with Crippen LogP contribution in [0.1, 0.15) is 11.4 Å². The van der Waals surface area contributed by atoms with E-state index in [2.05, 4.69) is 19.9 Å². The number of aromatic amines is 1. The fourth-order valence-electron chi connectivity index (χ4n) is 2.49. The largest absolute Gasteiger partial charge is 0.339 e. The van der Waals surface area contributed by atoms with E-state index in [0.29, 0.717) is 12.1 Å². The van der Waals surface area contributed by atoms with Crippen LogP contribution in [0.25, 0.3) is 21.9 Å². The van der Waals surface area contributed by atoms with E-state index >= 15 is 0 Å². The molecule has 0 aliphatic heterocycles. The van der Waals surface area contributed by atoms with Crippen LogP contribution in [0.2, 0.25) is 0 Å². The number of hydrogen-bond acceptors (Lipinski definition) is 3. The van der Waals surface area contributed by atoms with Gasteiger partial charge in [-0.2, -0.15) is 4.39 Å². The number of nitrogens with one attached hydrogen (secondary N) is 1. The average Bonchev–Trinajstić information content (AvgIpc) is 2.85. The molecule has 0 radical (unpaired) electrons. The first-order valence-corrected chi connectivity index (χ1v) is 6.62. The first-order valence-electron chi connectivity index (χ1n) is 6.62. The van der Waals surface area contributed by atoms with E-state index in [1.54, 1.807) is 18.3 Å². The van der Waals surface area contributed by atoms with Crippen LogP contribution in [0, 0.1) is 5.95 Å². The molecule has 0 fully saturated rings. The van der Waals surface area contributed by atoms with Gasteiger partial charge in [-0.3, -0.25) is 4.98 Å². The fourth-order valence-corrected chi connectivity index (χ4v) is 2.49. The van der Waals surface area contributed by atoms with Gasteiger partial charge in [0.25, 0.3) is 0 Å². The second-order valence-electron chi connectivity index (χ2n) is 4.87. The lowest BCUT2D eigenvalue weighted by atomic mass is 10.1. The summed E-state index contributed by atoms with van der Waals surface area (Å²) in [5, 5.41) is 2.09. The second-order valence-corrected chi connectivity index (χ2v) is 4.87. The van der Waals surface area contributed by atoms with Crippen LogP contribution in [-0.4, -0.2) is 19.9 Å². The molecule has 4 aromatic rings. The highest BCUT2D eigenvalue weighted by Crippen LogP contribution is 2.23. The van der Waals surface area contributed by atoms with Crippen molar-refractivity contribution in [3.8, 4) is 0 Å². The number of hydrogen-bond donors (Lipinski definition) is 1. The minimum atomic E-state index is -0.467. The Morgan fingerprint density at radius 2 is 1.86 bits per heavy atom. The van der Waals surface area contributed by atoms with E-state index in [-0.39, 0.29) is 0 Å². The summed E-state index contributed by atoms with van der Waals surface area (Å²) in [7, 11) is 0. The lowest BCUT2D eigenvalue weighted by Gasteiger charge is -2.01. The zero-order valence-corrected chi connectivity index (χ0v) is 11.0. The Balaban J connectivity index is 1.78. The van der Waals surface area contributed by atoms with E-state index in [4.69, 9.17) is 0 Å². The molecule has 21 heavy (non-hydrogen) atoms. The molecule has 0 aromatic carbocycles. The summed E-state index contributed by atoms with van der Waals surface area (Å²) in [6.45, 7) is 0. The maximum absolute atomic E-state index is 13.1. The first kappa shape index (κ1) is 12.0. The van der Waals surface area contributed by atoms with Crippen LogP contribution in [0.5, 0.6) is 0 Å². The summed E-state index contributed by atoms with van der Waals surface area (Å²) in [6, 6.07) is 10.7. The van der Waals surface area contributed by atoms with Gasteiger partial charge in [-0.1, -0.05) is 6.07 Å². The van der Waals surface area contributed by atoms with Gasteiger partial charge in [0.15, 0.2) is 0 Å². The first-order chi connectivity index (χ1) is 10.3.